The maximum absolute atomic E-state index is 12.0. The Kier molecular flexibility index (Phi) is 31.6. The molecule has 21 heteroatoms. The molecule has 12 rings (SSSR count). The maximum Gasteiger partial charge on any atom is 2.00 e. The largest absolute Gasteiger partial charge is 2.00 e. The molecular formula is C59H88Br2Mg2O17. The van der Waals surface area contributed by atoms with Crippen molar-refractivity contribution in [2.75, 3.05) is 6.61 Å². The second-order valence-electron chi connectivity index (χ2n) is 22.6. The minimum absolute atomic E-state index is 0. The van der Waals surface area contributed by atoms with Gasteiger partial charge < -0.3 is 120 Å². The van der Waals surface area contributed by atoms with E-state index in [0.29, 0.717) is 12.8 Å². The molecule has 444 valence electrons. The van der Waals surface area contributed by atoms with Gasteiger partial charge in [-0.15, -0.1) is 19.7 Å². The number of Topliss-reactive ketones (excluding diaryl/α,β-unsaturated/α-hetero) is 1. The maximum atomic E-state index is 12.0. The number of ketones is 2. The minimum atomic E-state index is -1.38. The Bertz CT molecular complexity index is 1950. The molecule has 5 saturated heterocycles. The molecule has 80 heavy (non-hydrogen) atoms. The molecular weight excluding hydrogens is 1190 g/mol. The summed E-state index contributed by atoms with van der Waals surface area (Å²) in [7, 11) is 0. The number of halogens is 2. The van der Waals surface area contributed by atoms with E-state index in [1.54, 1.807) is 12.2 Å². The number of ether oxygens (including phenoxy) is 9. The van der Waals surface area contributed by atoms with Crippen LogP contribution in [-0.2, 0) is 57.0 Å². The van der Waals surface area contributed by atoms with Crippen molar-refractivity contribution in [1.82, 2.24) is 0 Å². The van der Waals surface area contributed by atoms with Gasteiger partial charge in [0.25, 0.3) is 0 Å². The summed E-state index contributed by atoms with van der Waals surface area (Å²) in [5.41, 5.74) is -0.395. The first kappa shape index (κ1) is 75.5. The van der Waals surface area contributed by atoms with Crippen LogP contribution < -0.4 is 34.0 Å². The van der Waals surface area contributed by atoms with Crippen molar-refractivity contribution < 1.29 is 117 Å². The number of aliphatic hydroxyl groups is 5. The van der Waals surface area contributed by atoms with Crippen LogP contribution in [0.5, 0.6) is 0 Å². The summed E-state index contributed by atoms with van der Waals surface area (Å²) >= 11 is 0. The molecule has 4 spiro atoms. The summed E-state index contributed by atoms with van der Waals surface area (Å²) in [6, 6.07) is 0. The van der Waals surface area contributed by atoms with Gasteiger partial charge in [0, 0.05) is 68.6 Å². The van der Waals surface area contributed by atoms with Gasteiger partial charge in [-0.05, 0) is 69.9 Å². The number of fused-ring (bicyclic) bond motifs is 3. The second-order valence-corrected chi connectivity index (χ2v) is 22.6. The Morgan fingerprint density at radius 2 is 1.02 bits per heavy atom. The van der Waals surface area contributed by atoms with Crippen LogP contribution in [0.15, 0.2) is 63.3 Å². The molecule has 11 fully saturated rings. The van der Waals surface area contributed by atoms with Crippen LogP contribution in [0.4, 0.5) is 0 Å². The van der Waals surface area contributed by atoms with Crippen LogP contribution in [0.25, 0.3) is 0 Å². The van der Waals surface area contributed by atoms with E-state index in [2.05, 4.69) is 57.7 Å². The Morgan fingerprint density at radius 1 is 0.588 bits per heavy atom. The van der Waals surface area contributed by atoms with Gasteiger partial charge in [0.15, 0.2) is 53.4 Å². The van der Waals surface area contributed by atoms with Gasteiger partial charge in [0.05, 0.1) is 18.8 Å². The first-order valence-electron chi connectivity index (χ1n) is 27.8. The average Bonchev–Trinajstić information content (AvgIpc) is 4.34. The van der Waals surface area contributed by atoms with Crippen LogP contribution in [0.3, 0.4) is 0 Å². The van der Waals surface area contributed by atoms with Crippen molar-refractivity contribution in [2.45, 2.75) is 258 Å². The third kappa shape index (κ3) is 17.1. The molecule has 0 aromatic heterocycles. The fraction of sp³-hybridized carbons (Fsp3) is 0.746. The molecule has 0 aromatic carbocycles. The van der Waals surface area contributed by atoms with Gasteiger partial charge in [-0.25, -0.2) is 0 Å². The summed E-state index contributed by atoms with van der Waals surface area (Å²) in [6.45, 7) is 29.2. The van der Waals surface area contributed by atoms with Crippen LogP contribution in [0.2, 0.25) is 0 Å². The first-order valence-corrected chi connectivity index (χ1v) is 27.8. The monoisotopic (exact) mass is 1270 g/mol. The Labute approximate surface area is 528 Å². The predicted octanol–water partition coefficient (Wildman–Crippen LogP) is 0.244. The van der Waals surface area contributed by atoms with Crippen molar-refractivity contribution >= 4 is 64.0 Å². The van der Waals surface area contributed by atoms with E-state index in [1.807, 2.05) is 25.2 Å². The Balaban J connectivity index is 0.000000335. The van der Waals surface area contributed by atoms with E-state index in [-0.39, 0.29) is 145 Å². The third-order valence-electron chi connectivity index (χ3n) is 17.2. The number of hydrogen-bond donors (Lipinski definition) is 5. The Hall–Kier alpha value is -0.618. The van der Waals surface area contributed by atoms with Crippen molar-refractivity contribution in [1.29, 1.82) is 0 Å². The fourth-order valence-corrected chi connectivity index (χ4v) is 12.8. The van der Waals surface area contributed by atoms with Gasteiger partial charge >= 0.3 is 46.1 Å². The minimum Gasteiger partial charge on any atom is -1.00 e. The quantitative estimate of drug-likeness (QED) is 0.107. The van der Waals surface area contributed by atoms with E-state index in [1.165, 1.54) is 38.5 Å². The summed E-state index contributed by atoms with van der Waals surface area (Å²) < 4.78 is 52.2. The van der Waals surface area contributed by atoms with E-state index >= 15 is 0 Å². The van der Waals surface area contributed by atoms with Crippen molar-refractivity contribution in [3.8, 4) is 0 Å². The molecule has 0 aromatic rings. The molecule has 15 atom stereocenters. The third-order valence-corrected chi connectivity index (χ3v) is 17.2. The van der Waals surface area contributed by atoms with Crippen LogP contribution in [-0.4, -0.2) is 199 Å². The van der Waals surface area contributed by atoms with Gasteiger partial charge in [-0.1, -0.05) is 57.8 Å². The van der Waals surface area contributed by atoms with Crippen LogP contribution in [0.1, 0.15) is 155 Å². The van der Waals surface area contributed by atoms with Crippen molar-refractivity contribution in [2.24, 2.45) is 10.8 Å². The molecule has 5 N–H and O–H groups in total. The number of rotatable bonds is 5. The molecule has 0 bridgehead atoms. The Morgan fingerprint density at radius 3 is 1.43 bits per heavy atom. The number of hydrogen-bond acceptors (Lipinski definition) is 17. The van der Waals surface area contributed by atoms with Gasteiger partial charge in [-0.2, -0.15) is 0 Å². The van der Waals surface area contributed by atoms with E-state index in [0.717, 1.165) is 96.2 Å². The van der Waals surface area contributed by atoms with Crippen LogP contribution >= 0.6 is 0 Å². The fourth-order valence-electron chi connectivity index (χ4n) is 12.8. The average molecular weight is 1280 g/mol. The summed E-state index contributed by atoms with van der Waals surface area (Å²) in [5, 5.41) is 45.1. The molecule has 0 radical (unpaired) electrons. The molecule has 5 aliphatic heterocycles. The molecule has 12 aliphatic rings. The van der Waals surface area contributed by atoms with Crippen molar-refractivity contribution in [3.63, 3.8) is 0 Å². The smallest absolute Gasteiger partial charge is 1.00 e. The molecule has 6 saturated carbocycles. The standard InChI is InChI=1S/C14H22O3.C14H20O3.C11H14O3.C11H16O3.C5H10O5.2C2H3.2BrH.2Mg/c2*1-3-13(2)9-10(15)11-12(13)17-14(16-11)7-5-4-6-8-14;12-8-4-5-9-10(8)14-11(13-9)6-2-1-3-7-11;1-2-9-10(8-12)14-11(13-9)6-4-3-5-7-11;6-1-2-3(7)4(8)5(9)10-2;2*1-2;;;;/h3,10-12,15H,1,4-9H2,2H3;3,11-12H,1,4-9H2,2H3;4-5,9-10H,1-3,6-7H2;2,8-10H,1,3-7H2;2-9H,1H2;2*1H,2H2;2*1H;;/q;;;;;2*-1;;;2*+2/p-2/t10-,11-,12-,13-;11?,12-,13+;2*9?,10-;2-,3+,4?,5?;;;;;;/m01001....../s1. The zero-order valence-corrected chi connectivity index (χ0v) is 53.2. The summed E-state index contributed by atoms with van der Waals surface area (Å²) in [6.07, 6.45) is 25.5. The van der Waals surface area contributed by atoms with Gasteiger partial charge in [0.2, 0.25) is 0 Å². The second kappa shape index (κ2) is 33.5. The van der Waals surface area contributed by atoms with Crippen LogP contribution in [0, 0.1) is 24.0 Å². The number of carbonyl (C=O) groups excluding carboxylic acids is 3. The molecule has 7 aliphatic carbocycles. The number of carbonyl (C=O) groups is 3. The van der Waals surface area contributed by atoms with E-state index in [4.69, 9.17) is 58.3 Å². The number of aliphatic hydroxyl groups excluding tert-OH is 5. The molecule has 0 amide bonds. The van der Waals surface area contributed by atoms with Gasteiger partial charge in [0.1, 0.15) is 54.9 Å². The summed E-state index contributed by atoms with van der Waals surface area (Å²) in [5.74, 6) is -1.53. The molecule has 5 unspecified atom stereocenters. The number of aldehydes is 1. The molecule has 17 nitrogen and oxygen atoms in total. The zero-order valence-electron chi connectivity index (χ0n) is 47.2. The van der Waals surface area contributed by atoms with E-state index in [9.17, 15) is 19.5 Å². The topological polar surface area (TPSA) is 235 Å². The zero-order chi connectivity index (χ0) is 55.5. The van der Waals surface area contributed by atoms with E-state index < -0.39 is 66.6 Å². The summed E-state index contributed by atoms with van der Waals surface area (Å²) in [4.78, 5) is 34.1. The van der Waals surface area contributed by atoms with Crippen molar-refractivity contribution in [3.05, 3.63) is 76.4 Å². The predicted molar refractivity (Wildman–Crippen MR) is 291 cm³/mol. The first-order chi connectivity index (χ1) is 36.4. The molecule has 5 heterocycles. The normalized spacial score (nSPS) is 38.8. The SMILES string of the molecule is C=CC1OC2(CCCCC2)O[C@H]1C=O.C=C[C@@]1(C)CC(=O)C2OC3(CCCCC3)O[C@H]21.C=C[C@@]1(C)C[C@H](O)[C@@H]2OC3(CCCCC3)O[C@@H]21.O=C1C=CC2OC3(CCCCC3)O[C@@H]12.OC[C@H]1OC(O)C(O)[C@H]1O.[Br-].[Br-].[CH-]=C.[CH-]=C.[Mg+2].[Mg+2]. The van der Waals surface area contributed by atoms with Gasteiger partial charge in [-0.3, -0.25) is 22.7 Å².